The van der Waals surface area contributed by atoms with E-state index in [4.69, 9.17) is 4.42 Å². The molecule has 1 saturated heterocycles. The summed E-state index contributed by atoms with van der Waals surface area (Å²) in [7, 11) is 1.86. The van der Waals surface area contributed by atoms with Crippen molar-refractivity contribution in [2.75, 3.05) is 33.2 Å². The molecule has 1 aliphatic heterocycles. The van der Waals surface area contributed by atoms with Gasteiger partial charge in [-0.3, -0.25) is 9.89 Å². The lowest BCUT2D eigenvalue weighted by Gasteiger charge is -2.27. The molecule has 0 saturated carbocycles. The van der Waals surface area contributed by atoms with Gasteiger partial charge in [0.2, 0.25) is 0 Å². The second-order valence-corrected chi connectivity index (χ2v) is 5.95. The molecule has 0 radical (unpaired) electrons. The molecule has 1 aliphatic rings. The minimum atomic E-state index is 0.645. The van der Waals surface area contributed by atoms with Crippen LogP contribution in [0.15, 0.2) is 15.5 Å². The minimum absolute atomic E-state index is 0.645. The molecule has 5 heteroatoms. The number of likely N-dealkylation sites (N-methyl/N-ethyl adjacent to an activating group) is 1. The molecule has 1 aromatic heterocycles. The summed E-state index contributed by atoms with van der Waals surface area (Å²) >= 11 is 0. The molecule has 1 fully saturated rings. The van der Waals surface area contributed by atoms with Crippen LogP contribution in [0.2, 0.25) is 0 Å². The Hall–Kier alpha value is -1.49. The predicted octanol–water partition coefficient (Wildman–Crippen LogP) is 2.39. The van der Waals surface area contributed by atoms with E-state index >= 15 is 0 Å². The first kappa shape index (κ1) is 16.9. The molecule has 0 aliphatic carbocycles. The van der Waals surface area contributed by atoms with Gasteiger partial charge >= 0.3 is 0 Å². The Labute approximate surface area is 134 Å². The van der Waals surface area contributed by atoms with Crippen LogP contribution in [0.3, 0.4) is 0 Å². The number of nitrogens with one attached hydrogen (secondary N) is 1. The molecule has 2 heterocycles. The smallest absolute Gasteiger partial charge is 0.193 e. The predicted molar refractivity (Wildman–Crippen MR) is 91.3 cm³/mol. The largest absolute Gasteiger partial charge is 0.466 e. The maximum Gasteiger partial charge on any atom is 0.193 e. The molecule has 0 bridgehead atoms. The molecule has 5 nitrogen and oxygen atoms in total. The van der Waals surface area contributed by atoms with E-state index in [2.05, 4.69) is 40.0 Å². The summed E-state index contributed by atoms with van der Waals surface area (Å²) in [5, 5.41) is 3.47. The number of aryl methyl sites for hydroxylation is 2. The molecule has 0 aromatic carbocycles. The number of hydrogen-bond acceptors (Lipinski definition) is 3. The van der Waals surface area contributed by atoms with Crippen molar-refractivity contribution < 1.29 is 4.42 Å². The fourth-order valence-electron chi connectivity index (χ4n) is 3.34. The Bertz CT molecular complexity index is 505. The lowest BCUT2D eigenvalue weighted by molar-refractivity contribution is 0.223. The lowest BCUT2D eigenvalue weighted by Crippen LogP contribution is -2.43. The number of nitrogens with zero attached hydrogens (tertiary/aromatic N) is 3. The Morgan fingerprint density at radius 2 is 2.14 bits per heavy atom. The number of guanidine groups is 1. The second-order valence-electron chi connectivity index (χ2n) is 5.95. The molecule has 0 amide bonds. The maximum absolute atomic E-state index is 5.58. The first-order valence-electron chi connectivity index (χ1n) is 8.34. The van der Waals surface area contributed by atoms with Gasteiger partial charge in [-0.1, -0.05) is 13.8 Å². The summed E-state index contributed by atoms with van der Waals surface area (Å²) in [6, 6.07) is 2.74. The van der Waals surface area contributed by atoms with Crippen LogP contribution in [-0.4, -0.2) is 55.0 Å². The van der Waals surface area contributed by atoms with Crippen molar-refractivity contribution in [3.05, 3.63) is 23.2 Å². The van der Waals surface area contributed by atoms with Crippen LogP contribution >= 0.6 is 0 Å². The average molecular weight is 306 g/mol. The number of hydrogen-bond donors (Lipinski definition) is 1. The third-order valence-corrected chi connectivity index (χ3v) is 4.58. The van der Waals surface area contributed by atoms with E-state index in [1.807, 2.05) is 20.9 Å². The molecule has 0 spiro atoms. The van der Waals surface area contributed by atoms with E-state index in [0.717, 1.165) is 50.2 Å². The highest BCUT2D eigenvalue weighted by Gasteiger charge is 2.27. The Kier molecular flexibility index (Phi) is 5.89. The third-order valence-electron chi connectivity index (χ3n) is 4.58. The minimum Gasteiger partial charge on any atom is -0.466 e. The van der Waals surface area contributed by atoms with Gasteiger partial charge in [0.25, 0.3) is 0 Å². The molecule has 1 atom stereocenters. The van der Waals surface area contributed by atoms with E-state index < -0.39 is 0 Å². The van der Waals surface area contributed by atoms with Crippen molar-refractivity contribution in [2.24, 2.45) is 4.99 Å². The fraction of sp³-hybridized carbons (Fsp3) is 0.706. The van der Waals surface area contributed by atoms with Crippen molar-refractivity contribution in [2.45, 2.75) is 46.7 Å². The van der Waals surface area contributed by atoms with Crippen LogP contribution in [0.5, 0.6) is 0 Å². The number of likely N-dealkylation sites (tertiary alicyclic amines) is 1. The van der Waals surface area contributed by atoms with Gasteiger partial charge in [0.05, 0.1) is 0 Å². The van der Waals surface area contributed by atoms with E-state index in [0.29, 0.717) is 6.04 Å². The second kappa shape index (κ2) is 7.68. The van der Waals surface area contributed by atoms with Crippen LogP contribution < -0.4 is 5.32 Å². The standard InChI is InChI=1S/C17H30N4O/c1-6-20(7-2)16-8-9-21(12-16)17(18-5)19-11-15-10-13(3)22-14(15)4/h10,16H,6-9,11-12H2,1-5H3,(H,18,19). The molecular weight excluding hydrogens is 276 g/mol. The normalized spacial score (nSPS) is 19.3. The molecule has 2 rings (SSSR count). The van der Waals surface area contributed by atoms with E-state index in [1.165, 1.54) is 12.0 Å². The summed E-state index contributed by atoms with van der Waals surface area (Å²) < 4.78 is 5.58. The van der Waals surface area contributed by atoms with Crippen LogP contribution in [0.4, 0.5) is 0 Å². The van der Waals surface area contributed by atoms with Gasteiger partial charge in [-0.05, 0) is 39.4 Å². The zero-order valence-corrected chi connectivity index (χ0v) is 14.6. The van der Waals surface area contributed by atoms with Crippen LogP contribution in [-0.2, 0) is 6.54 Å². The first-order valence-corrected chi connectivity index (χ1v) is 8.34. The highest BCUT2D eigenvalue weighted by Crippen LogP contribution is 2.17. The number of furan rings is 1. The Morgan fingerprint density at radius 3 is 2.68 bits per heavy atom. The first-order chi connectivity index (χ1) is 10.6. The van der Waals surface area contributed by atoms with Gasteiger partial charge in [0, 0.05) is 38.3 Å². The van der Waals surface area contributed by atoms with Gasteiger partial charge in [0.15, 0.2) is 5.96 Å². The van der Waals surface area contributed by atoms with Crippen molar-refractivity contribution in [3.8, 4) is 0 Å². The van der Waals surface area contributed by atoms with Gasteiger partial charge < -0.3 is 14.6 Å². The maximum atomic E-state index is 5.58. The quantitative estimate of drug-likeness (QED) is 0.670. The van der Waals surface area contributed by atoms with Crippen molar-refractivity contribution >= 4 is 5.96 Å². The number of rotatable bonds is 5. The summed E-state index contributed by atoms with van der Waals surface area (Å²) in [5.41, 5.74) is 1.21. The lowest BCUT2D eigenvalue weighted by atomic mass is 10.2. The fourth-order valence-corrected chi connectivity index (χ4v) is 3.34. The monoisotopic (exact) mass is 306 g/mol. The summed E-state index contributed by atoms with van der Waals surface area (Å²) in [6.07, 6.45) is 1.21. The molecule has 1 unspecified atom stereocenters. The molecule has 22 heavy (non-hydrogen) atoms. The van der Waals surface area contributed by atoms with Gasteiger partial charge in [-0.25, -0.2) is 0 Å². The summed E-state index contributed by atoms with van der Waals surface area (Å²) in [6.45, 7) is 13.6. The molecular formula is C17H30N4O. The zero-order valence-electron chi connectivity index (χ0n) is 14.6. The molecule has 1 aromatic rings. The van der Waals surface area contributed by atoms with E-state index in [9.17, 15) is 0 Å². The van der Waals surface area contributed by atoms with E-state index in [-0.39, 0.29) is 0 Å². The Balaban J connectivity index is 1.91. The van der Waals surface area contributed by atoms with Crippen LogP contribution in [0.1, 0.15) is 37.4 Å². The van der Waals surface area contributed by atoms with Crippen molar-refractivity contribution in [1.29, 1.82) is 0 Å². The highest BCUT2D eigenvalue weighted by atomic mass is 16.3. The van der Waals surface area contributed by atoms with Crippen LogP contribution in [0, 0.1) is 13.8 Å². The Morgan fingerprint density at radius 1 is 1.41 bits per heavy atom. The van der Waals surface area contributed by atoms with Crippen molar-refractivity contribution in [1.82, 2.24) is 15.1 Å². The molecule has 1 N–H and O–H groups in total. The average Bonchev–Trinajstić information content (AvgIpc) is 3.09. The zero-order chi connectivity index (χ0) is 16.1. The third kappa shape index (κ3) is 3.83. The SMILES string of the molecule is CCN(CC)C1CCN(C(=NC)NCc2cc(C)oc2C)C1. The number of aliphatic imine (C=N–C) groups is 1. The van der Waals surface area contributed by atoms with Gasteiger partial charge in [-0.2, -0.15) is 0 Å². The summed E-state index contributed by atoms with van der Waals surface area (Å²) in [4.78, 5) is 9.35. The topological polar surface area (TPSA) is 44.0 Å². The van der Waals surface area contributed by atoms with Gasteiger partial charge in [0.1, 0.15) is 11.5 Å². The van der Waals surface area contributed by atoms with Crippen molar-refractivity contribution in [3.63, 3.8) is 0 Å². The molecule has 124 valence electrons. The summed E-state index contributed by atoms with van der Waals surface area (Å²) in [5.74, 6) is 2.95. The highest BCUT2D eigenvalue weighted by molar-refractivity contribution is 5.80. The van der Waals surface area contributed by atoms with E-state index in [1.54, 1.807) is 0 Å². The van der Waals surface area contributed by atoms with Gasteiger partial charge in [-0.15, -0.1) is 0 Å². The van der Waals surface area contributed by atoms with Crippen LogP contribution in [0.25, 0.3) is 0 Å².